The molecule has 3 aromatic rings. The summed E-state index contributed by atoms with van der Waals surface area (Å²) in [6, 6.07) is 12.8. The molecule has 0 N–H and O–H groups in total. The molecule has 22 heavy (non-hydrogen) atoms. The fourth-order valence-electron chi connectivity index (χ4n) is 2.41. The first-order chi connectivity index (χ1) is 10.7. The summed E-state index contributed by atoms with van der Waals surface area (Å²) < 4.78 is 16.2. The van der Waals surface area contributed by atoms with Crippen LogP contribution in [0.4, 0.5) is 0 Å². The summed E-state index contributed by atoms with van der Waals surface area (Å²) in [6.45, 7) is 0.168. The van der Waals surface area contributed by atoms with Gasteiger partial charge < -0.3 is 13.9 Å². The van der Waals surface area contributed by atoms with Crippen molar-refractivity contribution in [1.29, 1.82) is 0 Å². The van der Waals surface area contributed by atoms with Crippen LogP contribution in [0.2, 0.25) is 0 Å². The maximum absolute atomic E-state index is 12.2. The van der Waals surface area contributed by atoms with E-state index in [1.54, 1.807) is 36.4 Å². The monoisotopic (exact) mass is 294 g/mol. The number of hydrogen-bond donors (Lipinski definition) is 0. The Labute approximate surface area is 124 Å². The Kier molecular flexibility index (Phi) is 2.72. The summed E-state index contributed by atoms with van der Waals surface area (Å²) in [5.41, 5.74) is 0.0984. The third kappa shape index (κ3) is 1.95. The van der Waals surface area contributed by atoms with Crippen LogP contribution in [0.5, 0.6) is 11.5 Å². The van der Waals surface area contributed by atoms with Crippen molar-refractivity contribution in [3.05, 3.63) is 69.0 Å². The predicted molar refractivity (Wildman–Crippen MR) is 80.3 cm³/mol. The third-order valence-electron chi connectivity index (χ3n) is 3.49. The van der Waals surface area contributed by atoms with Gasteiger partial charge in [0.05, 0.1) is 5.39 Å². The average molecular weight is 294 g/mol. The molecule has 0 bridgehead atoms. The molecule has 0 saturated carbocycles. The van der Waals surface area contributed by atoms with Gasteiger partial charge in [0.2, 0.25) is 12.2 Å². The molecule has 0 fully saturated rings. The van der Waals surface area contributed by atoms with Crippen LogP contribution in [0.15, 0.2) is 62.5 Å². The van der Waals surface area contributed by atoms with Crippen LogP contribution in [0, 0.1) is 0 Å². The molecule has 0 amide bonds. The molecule has 0 atom stereocenters. The van der Waals surface area contributed by atoms with Crippen molar-refractivity contribution >= 4 is 11.0 Å². The van der Waals surface area contributed by atoms with E-state index in [1.165, 1.54) is 12.1 Å². The van der Waals surface area contributed by atoms with E-state index in [0.717, 1.165) is 0 Å². The first kappa shape index (κ1) is 12.6. The summed E-state index contributed by atoms with van der Waals surface area (Å²) in [7, 11) is 0. The minimum absolute atomic E-state index is 0.0465. The van der Waals surface area contributed by atoms with E-state index in [0.29, 0.717) is 22.8 Å². The van der Waals surface area contributed by atoms with Gasteiger partial charge in [0.15, 0.2) is 22.5 Å². The molecule has 1 aromatic heterocycles. The number of ether oxygens (including phenoxy) is 2. The van der Waals surface area contributed by atoms with Crippen molar-refractivity contribution in [2.45, 2.75) is 0 Å². The van der Waals surface area contributed by atoms with Gasteiger partial charge in [0.25, 0.3) is 0 Å². The standard InChI is InChI=1S/C17H10O5/c18-12-4-2-1-3-11-13(19)8-15(22-17(11)12)10-5-6-14-16(7-10)21-9-20-14/h1-8H,9H2. The maximum atomic E-state index is 12.2. The number of benzene rings is 1. The van der Waals surface area contributed by atoms with Crippen molar-refractivity contribution < 1.29 is 13.9 Å². The van der Waals surface area contributed by atoms with E-state index >= 15 is 0 Å². The summed E-state index contributed by atoms with van der Waals surface area (Å²) in [6.07, 6.45) is 0. The normalized spacial score (nSPS) is 12.5. The highest BCUT2D eigenvalue weighted by Gasteiger charge is 2.15. The van der Waals surface area contributed by atoms with E-state index in [4.69, 9.17) is 13.9 Å². The second-order valence-electron chi connectivity index (χ2n) is 4.87. The van der Waals surface area contributed by atoms with Crippen LogP contribution >= 0.6 is 0 Å². The molecule has 0 aliphatic carbocycles. The minimum Gasteiger partial charge on any atom is -0.454 e. The topological polar surface area (TPSA) is 65.7 Å². The molecule has 4 rings (SSSR count). The molecule has 2 heterocycles. The second kappa shape index (κ2) is 4.73. The number of rotatable bonds is 1. The first-order valence-corrected chi connectivity index (χ1v) is 6.69. The quantitative estimate of drug-likeness (QED) is 0.690. The van der Waals surface area contributed by atoms with Crippen molar-refractivity contribution in [3.8, 4) is 22.8 Å². The van der Waals surface area contributed by atoms with Gasteiger partial charge >= 0.3 is 0 Å². The third-order valence-corrected chi connectivity index (χ3v) is 3.49. The van der Waals surface area contributed by atoms with Gasteiger partial charge in [-0.1, -0.05) is 12.1 Å². The Bertz CT molecular complexity index is 1000. The Morgan fingerprint density at radius 3 is 2.55 bits per heavy atom. The highest BCUT2D eigenvalue weighted by atomic mass is 16.7. The van der Waals surface area contributed by atoms with Crippen LogP contribution < -0.4 is 20.3 Å². The van der Waals surface area contributed by atoms with Crippen LogP contribution in [0.1, 0.15) is 0 Å². The molecule has 0 unspecified atom stereocenters. The fraction of sp³-hybridized carbons (Fsp3) is 0.0588. The van der Waals surface area contributed by atoms with Gasteiger partial charge in [-0.25, -0.2) is 0 Å². The Hall–Kier alpha value is -3.08. The van der Waals surface area contributed by atoms with Crippen molar-refractivity contribution in [3.63, 3.8) is 0 Å². The van der Waals surface area contributed by atoms with E-state index in [9.17, 15) is 9.59 Å². The first-order valence-electron chi connectivity index (χ1n) is 6.69. The lowest BCUT2D eigenvalue weighted by Gasteiger charge is -2.03. The predicted octanol–water partition coefficient (Wildman–Crippen LogP) is 2.55. The second-order valence-corrected chi connectivity index (χ2v) is 4.87. The highest BCUT2D eigenvalue weighted by molar-refractivity contribution is 5.78. The largest absolute Gasteiger partial charge is 0.454 e. The Balaban J connectivity index is 1.99. The van der Waals surface area contributed by atoms with Crippen LogP contribution in [-0.2, 0) is 0 Å². The van der Waals surface area contributed by atoms with Crippen LogP contribution in [0.25, 0.3) is 22.3 Å². The maximum Gasteiger partial charge on any atom is 0.231 e. The van der Waals surface area contributed by atoms with Crippen molar-refractivity contribution in [1.82, 2.24) is 0 Å². The molecule has 5 nitrogen and oxygen atoms in total. The summed E-state index contributed by atoms with van der Waals surface area (Å²) in [4.78, 5) is 24.3. The molecule has 0 saturated heterocycles. The smallest absolute Gasteiger partial charge is 0.231 e. The van der Waals surface area contributed by atoms with Crippen LogP contribution in [-0.4, -0.2) is 6.79 Å². The fourth-order valence-corrected chi connectivity index (χ4v) is 2.41. The Morgan fingerprint density at radius 1 is 0.818 bits per heavy atom. The van der Waals surface area contributed by atoms with E-state index < -0.39 is 0 Å². The highest BCUT2D eigenvalue weighted by Crippen LogP contribution is 2.35. The zero-order chi connectivity index (χ0) is 15.1. The number of fused-ring (bicyclic) bond motifs is 2. The van der Waals surface area contributed by atoms with Gasteiger partial charge in [-0.05, 0) is 30.3 Å². The van der Waals surface area contributed by atoms with Gasteiger partial charge in [-0.15, -0.1) is 0 Å². The lowest BCUT2D eigenvalue weighted by atomic mass is 10.1. The molecule has 5 heteroatoms. The molecular formula is C17H10O5. The molecule has 1 aliphatic heterocycles. The molecule has 108 valence electrons. The van der Waals surface area contributed by atoms with Crippen LogP contribution in [0.3, 0.4) is 0 Å². The van der Waals surface area contributed by atoms with E-state index in [-0.39, 0.29) is 28.6 Å². The summed E-state index contributed by atoms with van der Waals surface area (Å²) >= 11 is 0. The van der Waals surface area contributed by atoms with Gasteiger partial charge in [-0.2, -0.15) is 0 Å². The number of hydrogen-bond acceptors (Lipinski definition) is 5. The van der Waals surface area contributed by atoms with Gasteiger partial charge in [0, 0.05) is 11.6 Å². The summed E-state index contributed by atoms with van der Waals surface area (Å²) in [5, 5.41) is 0.263. The lowest BCUT2D eigenvalue weighted by molar-refractivity contribution is 0.174. The Morgan fingerprint density at radius 2 is 1.64 bits per heavy atom. The van der Waals surface area contributed by atoms with Gasteiger partial charge in [0.1, 0.15) is 5.76 Å². The SMILES string of the molecule is O=c1cc(-c2ccc3c(c2)OCO3)oc2c(=O)ccccc12. The molecular weight excluding hydrogens is 284 g/mol. The van der Waals surface area contributed by atoms with E-state index in [2.05, 4.69) is 0 Å². The summed E-state index contributed by atoms with van der Waals surface area (Å²) in [5.74, 6) is 1.54. The average Bonchev–Trinajstić information content (AvgIpc) is 2.91. The zero-order valence-corrected chi connectivity index (χ0v) is 11.4. The molecule has 0 radical (unpaired) electrons. The van der Waals surface area contributed by atoms with E-state index in [1.807, 2.05) is 0 Å². The van der Waals surface area contributed by atoms with Gasteiger partial charge in [-0.3, -0.25) is 9.59 Å². The van der Waals surface area contributed by atoms with Crippen molar-refractivity contribution in [2.24, 2.45) is 0 Å². The van der Waals surface area contributed by atoms with Crippen molar-refractivity contribution in [2.75, 3.05) is 6.79 Å². The molecule has 1 aliphatic rings. The lowest BCUT2D eigenvalue weighted by Crippen LogP contribution is -2.05. The molecule has 0 spiro atoms. The molecule has 2 aromatic carbocycles. The zero-order valence-electron chi connectivity index (χ0n) is 11.4. The minimum atomic E-state index is -0.334.